The van der Waals surface area contributed by atoms with Gasteiger partial charge in [-0.15, -0.1) is 0 Å². The number of methoxy groups -OCH3 is 1. The average molecular weight is 364 g/mol. The number of nitrogens with zero attached hydrogens (tertiary/aromatic N) is 1. The van der Waals surface area contributed by atoms with Gasteiger partial charge in [0.1, 0.15) is 5.70 Å². The normalized spacial score (nSPS) is 13.8. The van der Waals surface area contributed by atoms with E-state index in [2.05, 4.69) is 10.1 Å². The third-order valence-electron chi connectivity index (χ3n) is 3.71. The molecule has 0 aliphatic carbocycles. The van der Waals surface area contributed by atoms with Crippen molar-refractivity contribution in [3.05, 3.63) is 40.6 Å². The van der Waals surface area contributed by atoms with Gasteiger partial charge in [0.25, 0.3) is 5.91 Å². The van der Waals surface area contributed by atoms with Crippen LogP contribution in [0.25, 0.3) is 0 Å². The highest BCUT2D eigenvalue weighted by Crippen LogP contribution is 2.26. The van der Waals surface area contributed by atoms with Gasteiger partial charge in [-0.2, -0.15) is 0 Å². The fourth-order valence-corrected chi connectivity index (χ4v) is 2.45. The number of carboxylic acid groups (broad SMARTS) is 2. The van der Waals surface area contributed by atoms with Gasteiger partial charge in [-0.05, 0) is 18.2 Å². The zero-order chi connectivity index (χ0) is 19.4. The van der Waals surface area contributed by atoms with Crippen LogP contribution in [-0.2, 0) is 14.3 Å². The maximum atomic E-state index is 12.5. The molecule has 0 spiro atoms. The summed E-state index contributed by atoms with van der Waals surface area (Å²) in [4.78, 5) is 48.1. The van der Waals surface area contributed by atoms with Crippen LogP contribution in [0.15, 0.2) is 29.5 Å². The number of hydrogen-bond donors (Lipinski definition) is 4. The lowest BCUT2D eigenvalue weighted by molar-refractivity contribution is -0.136. The number of esters is 1. The number of nitrogens with one attached hydrogen (secondary N) is 1. The first-order valence-electron chi connectivity index (χ1n) is 7.39. The van der Waals surface area contributed by atoms with Crippen molar-refractivity contribution in [2.75, 3.05) is 32.1 Å². The average Bonchev–Trinajstić information content (AvgIpc) is 2.90. The van der Waals surface area contributed by atoms with Gasteiger partial charge in [0.2, 0.25) is 0 Å². The summed E-state index contributed by atoms with van der Waals surface area (Å²) in [6, 6.07) is 3.24. The molecule has 1 aliphatic rings. The molecule has 1 aliphatic heterocycles. The number of hydrogen-bond acceptors (Lipinski definition) is 7. The zero-order valence-electron chi connectivity index (χ0n) is 13.7. The highest BCUT2D eigenvalue weighted by molar-refractivity contribution is 6.09. The number of β-amino-alcohol motifs (C(OH)–C–C–N with tert-alkyl or cyclic N) is 1. The SMILES string of the molecule is COC(=O)C1=C(Nc2cc(C(=O)O)ccc2C(=O)O)C(=O)N(CCO)C1. The van der Waals surface area contributed by atoms with Crippen molar-refractivity contribution in [2.45, 2.75) is 0 Å². The largest absolute Gasteiger partial charge is 0.478 e. The topological polar surface area (TPSA) is 153 Å². The van der Waals surface area contributed by atoms with E-state index in [1.165, 1.54) is 4.90 Å². The Morgan fingerprint density at radius 2 is 1.92 bits per heavy atom. The van der Waals surface area contributed by atoms with Gasteiger partial charge >= 0.3 is 17.9 Å². The van der Waals surface area contributed by atoms with Crippen LogP contribution in [0, 0.1) is 0 Å². The molecule has 26 heavy (non-hydrogen) atoms. The van der Waals surface area contributed by atoms with Crippen molar-refractivity contribution in [3.8, 4) is 0 Å². The molecule has 0 aromatic heterocycles. The smallest absolute Gasteiger partial charge is 0.337 e. The highest BCUT2D eigenvalue weighted by atomic mass is 16.5. The zero-order valence-corrected chi connectivity index (χ0v) is 13.7. The van der Waals surface area contributed by atoms with Gasteiger partial charge in [-0.1, -0.05) is 0 Å². The number of aromatic carboxylic acids is 2. The first-order valence-corrected chi connectivity index (χ1v) is 7.39. The molecule has 2 rings (SSSR count). The molecule has 4 N–H and O–H groups in total. The number of anilines is 1. The van der Waals surface area contributed by atoms with E-state index in [1.807, 2.05) is 0 Å². The van der Waals surface area contributed by atoms with Crippen LogP contribution in [0.1, 0.15) is 20.7 Å². The van der Waals surface area contributed by atoms with Crippen LogP contribution in [-0.4, -0.2) is 70.8 Å². The summed E-state index contributed by atoms with van der Waals surface area (Å²) in [6.07, 6.45) is 0. The van der Waals surface area contributed by atoms with Crippen LogP contribution in [0.4, 0.5) is 5.69 Å². The van der Waals surface area contributed by atoms with Crippen molar-refractivity contribution in [3.63, 3.8) is 0 Å². The number of benzene rings is 1. The van der Waals surface area contributed by atoms with Gasteiger partial charge < -0.3 is 30.3 Å². The van der Waals surface area contributed by atoms with E-state index in [-0.39, 0.29) is 47.8 Å². The number of aliphatic hydroxyl groups excluding tert-OH is 1. The third kappa shape index (κ3) is 3.64. The number of rotatable bonds is 7. The lowest BCUT2D eigenvalue weighted by Gasteiger charge is -2.15. The number of carboxylic acids is 2. The monoisotopic (exact) mass is 364 g/mol. The van der Waals surface area contributed by atoms with E-state index in [0.717, 1.165) is 25.3 Å². The molecule has 1 amide bonds. The number of carbonyl (C=O) groups excluding carboxylic acids is 2. The summed E-state index contributed by atoms with van der Waals surface area (Å²) in [5.41, 5.74) is -0.915. The lowest BCUT2D eigenvalue weighted by Crippen LogP contribution is -2.31. The molecular weight excluding hydrogens is 348 g/mol. The molecule has 10 heteroatoms. The van der Waals surface area contributed by atoms with Crippen LogP contribution in [0.5, 0.6) is 0 Å². The quantitative estimate of drug-likeness (QED) is 0.480. The number of ether oxygens (including phenoxy) is 1. The Morgan fingerprint density at radius 1 is 1.23 bits per heavy atom. The van der Waals surface area contributed by atoms with Crippen molar-refractivity contribution in [1.82, 2.24) is 4.90 Å². The predicted octanol–water partition coefficient (Wildman–Crippen LogP) is -0.243. The molecule has 1 aromatic rings. The van der Waals surface area contributed by atoms with Gasteiger partial charge in [0.15, 0.2) is 0 Å². The molecule has 1 aromatic carbocycles. The second-order valence-electron chi connectivity index (χ2n) is 5.29. The molecule has 0 fully saturated rings. The molecular formula is C16H16N2O8. The van der Waals surface area contributed by atoms with Crippen molar-refractivity contribution in [2.24, 2.45) is 0 Å². The van der Waals surface area contributed by atoms with E-state index < -0.39 is 23.8 Å². The van der Waals surface area contributed by atoms with Crippen molar-refractivity contribution < 1.29 is 39.2 Å². The van der Waals surface area contributed by atoms with E-state index in [1.54, 1.807) is 0 Å². The Bertz CT molecular complexity index is 814. The van der Waals surface area contributed by atoms with Crippen LogP contribution < -0.4 is 5.32 Å². The van der Waals surface area contributed by atoms with Crippen molar-refractivity contribution >= 4 is 29.5 Å². The third-order valence-corrected chi connectivity index (χ3v) is 3.71. The first-order chi connectivity index (χ1) is 12.3. The molecule has 0 saturated carbocycles. The summed E-state index contributed by atoms with van der Waals surface area (Å²) in [7, 11) is 1.12. The van der Waals surface area contributed by atoms with E-state index in [4.69, 9.17) is 10.2 Å². The Morgan fingerprint density at radius 3 is 2.46 bits per heavy atom. The Hall–Kier alpha value is -3.40. The molecule has 1 heterocycles. The second kappa shape index (κ2) is 7.66. The first kappa shape index (κ1) is 18.9. The molecule has 0 bridgehead atoms. The summed E-state index contributed by atoms with van der Waals surface area (Å²) in [5.74, 6) is -4.07. The van der Waals surface area contributed by atoms with Gasteiger partial charge in [-0.3, -0.25) is 4.79 Å². The fraction of sp³-hybridized carbons (Fsp3) is 0.250. The second-order valence-corrected chi connectivity index (χ2v) is 5.29. The predicted molar refractivity (Wildman–Crippen MR) is 86.7 cm³/mol. The molecule has 10 nitrogen and oxygen atoms in total. The number of carbonyl (C=O) groups is 4. The van der Waals surface area contributed by atoms with E-state index >= 15 is 0 Å². The van der Waals surface area contributed by atoms with Crippen LogP contribution in [0.3, 0.4) is 0 Å². The fourth-order valence-electron chi connectivity index (χ4n) is 2.45. The Kier molecular flexibility index (Phi) is 5.58. The molecule has 0 unspecified atom stereocenters. The highest BCUT2D eigenvalue weighted by Gasteiger charge is 2.35. The minimum Gasteiger partial charge on any atom is -0.478 e. The Labute approximate surface area is 147 Å². The van der Waals surface area contributed by atoms with Crippen LogP contribution >= 0.6 is 0 Å². The lowest BCUT2D eigenvalue weighted by atomic mass is 10.1. The minimum atomic E-state index is -1.35. The summed E-state index contributed by atoms with van der Waals surface area (Å²) >= 11 is 0. The molecule has 0 atom stereocenters. The van der Waals surface area contributed by atoms with E-state index in [9.17, 15) is 24.3 Å². The number of amides is 1. The summed E-state index contributed by atoms with van der Waals surface area (Å²) in [6.45, 7) is -0.497. The minimum absolute atomic E-state index is 0.0362. The Balaban J connectivity index is 2.50. The molecule has 138 valence electrons. The van der Waals surface area contributed by atoms with Gasteiger partial charge in [0.05, 0.1) is 42.6 Å². The molecule has 0 saturated heterocycles. The standard InChI is InChI=1S/C16H16N2O8/c1-26-16(25)10-7-18(4-5-19)13(20)12(10)17-11-6-8(14(21)22)2-3-9(11)15(23)24/h2-3,6,17,19H,4-5,7H2,1H3,(H,21,22)(H,23,24). The van der Waals surface area contributed by atoms with Gasteiger partial charge in [0, 0.05) is 6.54 Å². The maximum Gasteiger partial charge on any atom is 0.337 e. The van der Waals surface area contributed by atoms with Crippen LogP contribution in [0.2, 0.25) is 0 Å². The molecule has 0 radical (unpaired) electrons. The summed E-state index contributed by atoms with van der Waals surface area (Å²) < 4.78 is 4.63. The van der Waals surface area contributed by atoms with E-state index in [0.29, 0.717) is 0 Å². The maximum absolute atomic E-state index is 12.5. The van der Waals surface area contributed by atoms with Crippen molar-refractivity contribution in [1.29, 1.82) is 0 Å². The number of aliphatic hydroxyl groups is 1. The van der Waals surface area contributed by atoms with Gasteiger partial charge in [-0.25, -0.2) is 14.4 Å². The summed E-state index contributed by atoms with van der Waals surface area (Å²) in [5, 5.41) is 29.9.